The molecule has 10 heteroatoms. The number of hydrogen-bond donors (Lipinski definition) is 8. The summed E-state index contributed by atoms with van der Waals surface area (Å²) in [5, 5.41) is 24.6. The summed E-state index contributed by atoms with van der Waals surface area (Å²) in [6.45, 7) is 1.14. The number of benzene rings is 1. The lowest BCUT2D eigenvalue weighted by molar-refractivity contribution is -0.0608. The minimum atomic E-state index is -1.48. The van der Waals surface area contributed by atoms with E-state index >= 15 is 0 Å². The SMILES string of the molecule is N=C/C(=C\NCc1cccc(C2(O)CCNCC2F)c1)Cc1cc(N)nc(NN)c1N. The molecule has 0 bridgehead atoms. The number of rotatable bonds is 8. The number of hydrazine groups is 1. The molecule has 1 aromatic heterocycles. The van der Waals surface area contributed by atoms with Gasteiger partial charge in [0.25, 0.3) is 0 Å². The number of halogens is 1. The van der Waals surface area contributed by atoms with E-state index in [2.05, 4.69) is 21.0 Å². The van der Waals surface area contributed by atoms with Crippen molar-refractivity contribution in [3.8, 4) is 0 Å². The highest BCUT2D eigenvalue weighted by Crippen LogP contribution is 2.33. The molecule has 2 unspecified atom stereocenters. The van der Waals surface area contributed by atoms with E-state index in [0.29, 0.717) is 48.3 Å². The highest BCUT2D eigenvalue weighted by atomic mass is 19.1. The van der Waals surface area contributed by atoms with Gasteiger partial charge in [0.2, 0.25) is 0 Å². The summed E-state index contributed by atoms with van der Waals surface area (Å²) in [4.78, 5) is 4.02. The van der Waals surface area contributed by atoms with Crippen LogP contribution in [0.5, 0.6) is 0 Å². The number of aromatic nitrogens is 1. The Bertz CT molecular complexity index is 966. The fourth-order valence-electron chi connectivity index (χ4n) is 3.66. The second kappa shape index (κ2) is 9.73. The van der Waals surface area contributed by atoms with Crippen molar-refractivity contribution in [2.24, 2.45) is 5.84 Å². The first-order chi connectivity index (χ1) is 14.9. The van der Waals surface area contributed by atoms with Crippen LogP contribution in [-0.4, -0.2) is 35.6 Å². The lowest BCUT2D eigenvalue weighted by Crippen LogP contribution is -2.49. The van der Waals surface area contributed by atoms with Crippen LogP contribution in [0.4, 0.5) is 21.7 Å². The minimum Gasteiger partial charge on any atom is -0.395 e. The summed E-state index contributed by atoms with van der Waals surface area (Å²) in [7, 11) is 0. The molecule has 2 aromatic rings. The van der Waals surface area contributed by atoms with Crippen LogP contribution in [0.2, 0.25) is 0 Å². The van der Waals surface area contributed by atoms with E-state index in [1.807, 2.05) is 18.2 Å². The molecule has 1 aromatic carbocycles. The van der Waals surface area contributed by atoms with Crippen LogP contribution in [0, 0.1) is 5.41 Å². The fraction of sp³-hybridized carbons (Fsp3) is 0.333. The van der Waals surface area contributed by atoms with Gasteiger partial charge in [0.05, 0.1) is 5.69 Å². The maximum Gasteiger partial charge on any atom is 0.165 e. The van der Waals surface area contributed by atoms with E-state index < -0.39 is 11.8 Å². The molecule has 1 aliphatic rings. The maximum atomic E-state index is 14.4. The van der Waals surface area contributed by atoms with Crippen molar-refractivity contribution in [3.63, 3.8) is 0 Å². The van der Waals surface area contributed by atoms with Crippen LogP contribution in [-0.2, 0) is 18.6 Å². The molecule has 2 heterocycles. The summed E-state index contributed by atoms with van der Waals surface area (Å²) < 4.78 is 14.4. The molecule has 0 radical (unpaired) electrons. The second-order valence-corrected chi connectivity index (χ2v) is 7.58. The maximum absolute atomic E-state index is 14.4. The van der Waals surface area contributed by atoms with Crippen molar-refractivity contribution < 1.29 is 9.50 Å². The van der Waals surface area contributed by atoms with Gasteiger partial charge in [-0.25, -0.2) is 15.2 Å². The monoisotopic (exact) mass is 428 g/mol. The number of anilines is 3. The van der Waals surface area contributed by atoms with Gasteiger partial charge in [0.1, 0.15) is 17.6 Å². The van der Waals surface area contributed by atoms with Crippen LogP contribution in [0.25, 0.3) is 0 Å². The molecule has 166 valence electrons. The van der Waals surface area contributed by atoms with E-state index in [4.69, 9.17) is 22.7 Å². The van der Waals surface area contributed by atoms with Gasteiger partial charge in [0, 0.05) is 31.9 Å². The molecule has 0 amide bonds. The highest BCUT2D eigenvalue weighted by Gasteiger charge is 2.40. The normalized spacial score (nSPS) is 21.5. The van der Waals surface area contributed by atoms with Crippen LogP contribution in [0.15, 0.2) is 42.1 Å². The van der Waals surface area contributed by atoms with Crippen LogP contribution < -0.4 is 33.4 Å². The molecule has 3 rings (SSSR count). The highest BCUT2D eigenvalue weighted by molar-refractivity contribution is 5.78. The summed E-state index contributed by atoms with van der Waals surface area (Å²) in [6.07, 6.45) is 2.25. The van der Waals surface area contributed by atoms with Crippen LogP contribution in [0.3, 0.4) is 0 Å². The third kappa shape index (κ3) is 5.10. The van der Waals surface area contributed by atoms with Crippen molar-refractivity contribution in [2.75, 3.05) is 30.0 Å². The zero-order valence-corrected chi connectivity index (χ0v) is 17.2. The number of aliphatic hydroxyl groups is 1. The van der Waals surface area contributed by atoms with E-state index in [-0.39, 0.29) is 18.2 Å². The van der Waals surface area contributed by atoms with Gasteiger partial charge in [0.15, 0.2) is 5.82 Å². The summed E-state index contributed by atoms with van der Waals surface area (Å²) >= 11 is 0. The largest absolute Gasteiger partial charge is 0.395 e. The van der Waals surface area contributed by atoms with E-state index in [1.165, 1.54) is 6.21 Å². The number of nitrogens with zero attached hydrogens (tertiary/aromatic N) is 1. The van der Waals surface area contributed by atoms with E-state index in [9.17, 15) is 9.50 Å². The lowest BCUT2D eigenvalue weighted by Gasteiger charge is -2.36. The Balaban J connectivity index is 1.70. The average Bonchev–Trinajstić information content (AvgIpc) is 2.77. The van der Waals surface area contributed by atoms with Crippen LogP contribution >= 0.6 is 0 Å². The molecule has 31 heavy (non-hydrogen) atoms. The third-order valence-corrected chi connectivity index (χ3v) is 5.43. The van der Waals surface area contributed by atoms with Gasteiger partial charge in [-0.05, 0) is 41.3 Å². The fourth-order valence-corrected chi connectivity index (χ4v) is 3.66. The molecule has 2 atom stereocenters. The molecule has 1 aliphatic heterocycles. The van der Waals surface area contributed by atoms with Crippen molar-refractivity contribution in [1.82, 2.24) is 15.6 Å². The first-order valence-electron chi connectivity index (χ1n) is 9.98. The Morgan fingerprint density at radius 3 is 2.90 bits per heavy atom. The van der Waals surface area contributed by atoms with E-state index in [1.54, 1.807) is 18.3 Å². The standard InChI is InChI=1S/C21H29FN8O/c22-17-12-27-5-4-21(17,31)16-3-1-2-13(7-16)10-28-11-14(9-23)6-15-8-18(24)29-20(30-26)19(15)25/h1-3,7-9,11,17,23,27-28,31H,4-6,10,12,25-26H2,(H3,24,29,30)/b14-11-,23-9?. The van der Waals surface area contributed by atoms with Crippen molar-refractivity contribution in [1.29, 1.82) is 5.41 Å². The topological polar surface area (TPSA) is 171 Å². The first kappa shape index (κ1) is 22.5. The Morgan fingerprint density at radius 1 is 1.39 bits per heavy atom. The van der Waals surface area contributed by atoms with Gasteiger partial charge < -0.3 is 38.0 Å². The number of nitrogens with one attached hydrogen (secondary N) is 4. The molecule has 11 N–H and O–H groups in total. The molecular weight excluding hydrogens is 399 g/mol. The molecule has 1 saturated heterocycles. The Kier molecular flexibility index (Phi) is 7.06. The van der Waals surface area contributed by atoms with Gasteiger partial charge in [-0.15, -0.1) is 0 Å². The molecule has 1 fully saturated rings. The number of nitrogen functional groups attached to an aromatic ring is 3. The Labute approximate surface area is 180 Å². The third-order valence-electron chi connectivity index (χ3n) is 5.43. The molecular formula is C21H29FN8O. The smallest absolute Gasteiger partial charge is 0.165 e. The van der Waals surface area contributed by atoms with Crippen molar-refractivity contribution >= 4 is 23.5 Å². The molecule has 0 saturated carbocycles. The average molecular weight is 429 g/mol. The number of pyridine rings is 1. The number of piperidine rings is 1. The summed E-state index contributed by atoms with van der Waals surface area (Å²) in [5.74, 6) is 5.97. The van der Waals surface area contributed by atoms with E-state index in [0.717, 1.165) is 5.56 Å². The zero-order valence-electron chi connectivity index (χ0n) is 17.2. The Hall–Kier alpha value is -3.21. The van der Waals surface area contributed by atoms with Gasteiger partial charge in [-0.3, -0.25) is 0 Å². The first-order valence-corrected chi connectivity index (χ1v) is 9.98. The molecule has 0 spiro atoms. The number of nitrogens with two attached hydrogens (primary N) is 3. The van der Waals surface area contributed by atoms with Gasteiger partial charge >= 0.3 is 0 Å². The Morgan fingerprint density at radius 2 is 2.19 bits per heavy atom. The van der Waals surface area contributed by atoms with Gasteiger partial charge in [-0.2, -0.15) is 0 Å². The predicted molar refractivity (Wildman–Crippen MR) is 121 cm³/mol. The quantitative estimate of drug-likeness (QED) is 0.174. The number of alkyl halides is 1. The number of allylic oxidation sites excluding steroid dienone is 1. The predicted octanol–water partition coefficient (Wildman–Crippen LogP) is 0.916. The zero-order chi connectivity index (χ0) is 22.4. The second-order valence-electron chi connectivity index (χ2n) is 7.58. The van der Waals surface area contributed by atoms with Gasteiger partial charge in [-0.1, -0.05) is 24.3 Å². The summed E-state index contributed by atoms with van der Waals surface area (Å²) in [5.41, 5.74) is 16.0. The molecule has 0 aliphatic carbocycles. The minimum absolute atomic E-state index is 0.133. The summed E-state index contributed by atoms with van der Waals surface area (Å²) in [6, 6.07) is 8.91. The van der Waals surface area contributed by atoms with Crippen molar-refractivity contribution in [3.05, 3.63) is 58.8 Å². The molecule has 9 nitrogen and oxygen atoms in total. The van der Waals surface area contributed by atoms with Crippen molar-refractivity contribution in [2.45, 2.75) is 31.2 Å². The lowest BCUT2D eigenvalue weighted by atomic mass is 9.83. The number of hydrogen-bond acceptors (Lipinski definition) is 9. The van der Waals surface area contributed by atoms with Crippen LogP contribution in [0.1, 0.15) is 23.1 Å².